The van der Waals surface area contributed by atoms with E-state index in [1.165, 1.54) is 0 Å². The summed E-state index contributed by atoms with van der Waals surface area (Å²) in [5.41, 5.74) is 1.04. The van der Waals surface area contributed by atoms with Gasteiger partial charge in [0.2, 0.25) is 0 Å². The first-order valence-electron chi connectivity index (χ1n) is 10.2. The number of ether oxygens (including phenoxy) is 1. The van der Waals surface area contributed by atoms with Gasteiger partial charge in [0.1, 0.15) is 5.54 Å². The van der Waals surface area contributed by atoms with Crippen LogP contribution in [0, 0.1) is 17.2 Å². The number of hydrogen-bond donors (Lipinski definition) is 3. The van der Waals surface area contributed by atoms with Gasteiger partial charge in [0, 0.05) is 24.5 Å². The number of quaternary nitrogens is 1. The Bertz CT molecular complexity index is 766. The largest absolute Gasteiger partial charge is 0.378 e. The van der Waals surface area contributed by atoms with Crippen LogP contribution in [0.25, 0.3) is 0 Å². The Kier molecular flexibility index (Phi) is 6.72. The lowest BCUT2D eigenvalue weighted by atomic mass is 9.98. The summed E-state index contributed by atoms with van der Waals surface area (Å²) in [4.78, 5) is 27.6. The molecule has 1 aromatic rings. The van der Waals surface area contributed by atoms with Gasteiger partial charge < -0.3 is 25.2 Å². The molecule has 1 heterocycles. The Balaban J connectivity index is 1.43. The van der Waals surface area contributed by atoms with Crippen LogP contribution in [0.2, 0.25) is 0 Å². The van der Waals surface area contributed by atoms with Crippen LogP contribution >= 0.6 is 0 Å². The summed E-state index contributed by atoms with van der Waals surface area (Å²) in [6.07, 6.45) is 1.94. The van der Waals surface area contributed by atoms with Crippen LogP contribution in [0.3, 0.4) is 0 Å². The fourth-order valence-corrected chi connectivity index (χ4v) is 3.61. The van der Waals surface area contributed by atoms with Crippen LogP contribution in [-0.4, -0.2) is 63.8 Å². The zero-order valence-electron chi connectivity index (χ0n) is 17.2. The molecular weight excluding hydrogens is 370 g/mol. The number of amides is 2. The summed E-state index contributed by atoms with van der Waals surface area (Å²) in [5, 5.41) is 15.1. The van der Waals surface area contributed by atoms with Gasteiger partial charge in [0.05, 0.1) is 26.3 Å². The van der Waals surface area contributed by atoms with Gasteiger partial charge in [-0.3, -0.25) is 9.59 Å². The number of hydrogen-bond acceptors (Lipinski definition) is 5. The van der Waals surface area contributed by atoms with Crippen LogP contribution in [0.5, 0.6) is 0 Å². The standard InChI is InChI=1S/C21H29N5O3/c1-21(15-22,16-3-4-16)24-20(28)14-25(2)13-19(27)23-17-5-7-18(8-6-17)26-9-11-29-12-10-26/h5-8,16H,3-4,9-14H2,1-2H3,(H,23,27)(H,24,28)/p+1/t21-/m1/s1. The maximum Gasteiger partial charge on any atom is 0.279 e. The van der Waals surface area contributed by atoms with E-state index in [0.717, 1.165) is 55.4 Å². The van der Waals surface area contributed by atoms with E-state index in [4.69, 9.17) is 4.74 Å². The van der Waals surface area contributed by atoms with Crippen molar-refractivity contribution in [3.63, 3.8) is 0 Å². The number of carbonyl (C=O) groups is 2. The van der Waals surface area contributed by atoms with E-state index in [2.05, 4.69) is 21.6 Å². The Labute approximate surface area is 171 Å². The first-order chi connectivity index (χ1) is 13.9. The topological polar surface area (TPSA) is 98.9 Å². The van der Waals surface area contributed by atoms with Crippen LogP contribution in [0.4, 0.5) is 11.4 Å². The molecule has 2 atom stereocenters. The number of morpholine rings is 1. The van der Waals surface area contributed by atoms with E-state index in [1.54, 1.807) is 14.0 Å². The van der Waals surface area contributed by atoms with E-state index >= 15 is 0 Å². The summed E-state index contributed by atoms with van der Waals surface area (Å²) < 4.78 is 5.36. The van der Waals surface area contributed by atoms with E-state index in [9.17, 15) is 14.9 Å². The maximum atomic E-state index is 12.3. The smallest absolute Gasteiger partial charge is 0.279 e. The summed E-state index contributed by atoms with van der Waals surface area (Å²) >= 11 is 0. The number of likely N-dealkylation sites (N-methyl/N-ethyl adjacent to an activating group) is 1. The second kappa shape index (κ2) is 9.25. The SMILES string of the molecule is C[NH+](CC(=O)Nc1ccc(N2CCOCC2)cc1)CC(=O)N[C@](C)(C#N)C1CC1. The van der Waals surface area contributed by atoms with E-state index in [-0.39, 0.29) is 30.8 Å². The summed E-state index contributed by atoms with van der Waals surface area (Å²) in [6, 6.07) is 9.97. The predicted octanol–water partition coefficient (Wildman–Crippen LogP) is -0.215. The predicted molar refractivity (Wildman–Crippen MR) is 110 cm³/mol. The average molecular weight is 401 g/mol. The van der Waals surface area contributed by atoms with Gasteiger partial charge in [-0.05, 0) is 49.9 Å². The average Bonchev–Trinajstić information content (AvgIpc) is 3.54. The first kappa shape index (κ1) is 21.1. The molecule has 2 aliphatic rings. The molecule has 8 nitrogen and oxygen atoms in total. The van der Waals surface area contributed by atoms with Crippen LogP contribution in [-0.2, 0) is 14.3 Å². The zero-order chi connectivity index (χ0) is 20.9. The van der Waals surface area contributed by atoms with Crippen molar-refractivity contribution in [2.24, 2.45) is 5.92 Å². The molecule has 1 aliphatic carbocycles. The van der Waals surface area contributed by atoms with E-state index in [1.807, 2.05) is 24.3 Å². The van der Waals surface area contributed by atoms with Gasteiger partial charge in [-0.15, -0.1) is 0 Å². The molecule has 2 amide bonds. The fraction of sp³-hybridized carbons (Fsp3) is 0.571. The quantitative estimate of drug-likeness (QED) is 0.561. The Morgan fingerprint density at radius 1 is 1.21 bits per heavy atom. The molecule has 156 valence electrons. The molecule has 0 bridgehead atoms. The molecule has 3 N–H and O–H groups in total. The van der Waals surface area contributed by atoms with Gasteiger partial charge in [0.25, 0.3) is 11.8 Å². The van der Waals surface area contributed by atoms with Crippen molar-refractivity contribution in [3.8, 4) is 6.07 Å². The third-order valence-corrected chi connectivity index (χ3v) is 5.48. The van der Waals surface area contributed by atoms with Crippen molar-refractivity contribution in [1.82, 2.24) is 5.32 Å². The lowest BCUT2D eigenvalue weighted by Gasteiger charge is -2.28. The van der Waals surface area contributed by atoms with Crippen molar-refractivity contribution in [1.29, 1.82) is 5.26 Å². The van der Waals surface area contributed by atoms with Gasteiger partial charge in [-0.25, -0.2) is 0 Å². The summed E-state index contributed by atoms with van der Waals surface area (Å²) in [5.74, 6) is -0.124. The van der Waals surface area contributed by atoms with Crippen LogP contribution in [0.15, 0.2) is 24.3 Å². The monoisotopic (exact) mass is 400 g/mol. The van der Waals surface area contributed by atoms with Crippen LogP contribution in [0.1, 0.15) is 19.8 Å². The van der Waals surface area contributed by atoms with Gasteiger partial charge >= 0.3 is 0 Å². The second-order valence-electron chi connectivity index (χ2n) is 8.14. The molecule has 1 saturated carbocycles. The third-order valence-electron chi connectivity index (χ3n) is 5.48. The highest BCUT2D eigenvalue weighted by Gasteiger charge is 2.43. The Morgan fingerprint density at radius 3 is 2.41 bits per heavy atom. The van der Waals surface area contributed by atoms with Crippen molar-refractivity contribution in [3.05, 3.63) is 24.3 Å². The van der Waals surface area contributed by atoms with E-state index in [0.29, 0.717) is 0 Å². The number of nitriles is 1. The molecule has 8 heteroatoms. The minimum atomic E-state index is -0.804. The number of benzene rings is 1. The minimum Gasteiger partial charge on any atom is -0.378 e. The van der Waals surface area contributed by atoms with Gasteiger partial charge in [0.15, 0.2) is 13.1 Å². The fourth-order valence-electron chi connectivity index (χ4n) is 3.61. The number of rotatable bonds is 8. The molecule has 1 unspecified atom stereocenters. The molecule has 1 saturated heterocycles. The lowest BCUT2D eigenvalue weighted by Crippen LogP contribution is -3.11. The molecule has 0 spiro atoms. The Hall–Kier alpha value is -2.63. The highest BCUT2D eigenvalue weighted by Crippen LogP contribution is 2.39. The van der Waals surface area contributed by atoms with Gasteiger partial charge in [-0.1, -0.05) is 0 Å². The lowest BCUT2D eigenvalue weighted by molar-refractivity contribution is -0.862. The molecule has 0 aromatic heterocycles. The molecule has 2 fully saturated rings. The molecule has 29 heavy (non-hydrogen) atoms. The molecule has 0 radical (unpaired) electrons. The highest BCUT2D eigenvalue weighted by molar-refractivity contribution is 5.91. The van der Waals surface area contributed by atoms with Crippen molar-refractivity contribution < 1.29 is 19.2 Å². The summed E-state index contributed by atoms with van der Waals surface area (Å²) in [7, 11) is 1.79. The van der Waals surface area contributed by atoms with Gasteiger partial charge in [-0.2, -0.15) is 5.26 Å². The minimum absolute atomic E-state index is 0.146. The number of carbonyl (C=O) groups excluding carboxylic acids is 2. The molecule has 3 rings (SSSR count). The molecule has 1 aliphatic heterocycles. The number of anilines is 2. The normalized spacial score (nSPS) is 19.6. The number of nitrogens with one attached hydrogen (secondary N) is 3. The Morgan fingerprint density at radius 2 is 1.83 bits per heavy atom. The number of nitrogens with zero attached hydrogens (tertiary/aromatic N) is 2. The van der Waals surface area contributed by atoms with Crippen molar-refractivity contribution in [2.45, 2.75) is 25.3 Å². The zero-order valence-corrected chi connectivity index (χ0v) is 17.2. The van der Waals surface area contributed by atoms with Crippen LogP contribution < -0.4 is 20.4 Å². The highest BCUT2D eigenvalue weighted by atomic mass is 16.5. The second-order valence-corrected chi connectivity index (χ2v) is 8.14. The maximum absolute atomic E-state index is 12.3. The van der Waals surface area contributed by atoms with E-state index < -0.39 is 5.54 Å². The van der Waals surface area contributed by atoms with Crippen molar-refractivity contribution in [2.75, 3.05) is 56.7 Å². The summed E-state index contributed by atoms with van der Waals surface area (Å²) in [6.45, 7) is 5.29. The molecular formula is C21H30N5O3+. The molecule has 1 aromatic carbocycles. The first-order valence-corrected chi connectivity index (χ1v) is 10.2. The third kappa shape index (κ3) is 5.92. The van der Waals surface area contributed by atoms with Crippen molar-refractivity contribution >= 4 is 23.2 Å².